The fourth-order valence-corrected chi connectivity index (χ4v) is 2.79. The van der Waals surface area contributed by atoms with Crippen LogP contribution >= 0.6 is 11.6 Å². The number of fused-ring (bicyclic) bond motifs is 1. The first-order valence-electron chi connectivity index (χ1n) is 6.46. The van der Waals surface area contributed by atoms with Gasteiger partial charge in [-0.1, -0.05) is 29.8 Å². The summed E-state index contributed by atoms with van der Waals surface area (Å²) in [5.41, 5.74) is 1.92. The molecule has 1 aromatic carbocycles. The molecular weight excluding hydrogens is 286 g/mol. The van der Waals surface area contributed by atoms with Gasteiger partial charge in [-0.3, -0.25) is 9.69 Å². The van der Waals surface area contributed by atoms with Gasteiger partial charge in [0.25, 0.3) is 0 Å². The number of hydrogen-bond donors (Lipinski definition) is 0. The summed E-state index contributed by atoms with van der Waals surface area (Å²) in [5.74, 6) is -0.0359. The number of rotatable bonds is 1. The van der Waals surface area contributed by atoms with Crippen molar-refractivity contribution in [3.63, 3.8) is 0 Å². The lowest BCUT2D eigenvalue weighted by atomic mass is 9.86. The van der Waals surface area contributed by atoms with E-state index in [1.165, 1.54) is 6.20 Å². The van der Waals surface area contributed by atoms with Gasteiger partial charge in [0.2, 0.25) is 5.91 Å². The van der Waals surface area contributed by atoms with E-state index in [-0.39, 0.29) is 16.6 Å². The first-order chi connectivity index (χ1) is 9.96. The second kappa shape index (κ2) is 4.57. The zero-order valence-corrected chi connectivity index (χ0v) is 12.3. The molecule has 1 aliphatic rings. The van der Waals surface area contributed by atoms with E-state index in [0.717, 1.165) is 11.3 Å². The number of nitrogens with zero attached hydrogens (tertiary/aromatic N) is 3. The van der Waals surface area contributed by atoms with Crippen LogP contribution in [0.2, 0.25) is 5.02 Å². The molecule has 0 saturated carbocycles. The Labute approximate surface area is 127 Å². The van der Waals surface area contributed by atoms with Crippen LogP contribution in [0.15, 0.2) is 36.5 Å². The van der Waals surface area contributed by atoms with Gasteiger partial charge in [-0.15, -0.1) is 0 Å². The first kappa shape index (κ1) is 13.6. The molecule has 0 unspecified atom stereocenters. The van der Waals surface area contributed by atoms with Crippen molar-refractivity contribution in [1.29, 1.82) is 5.26 Å². The molecule has 104 valence electrons. The highest BCUT2D eigenvalue weighted by molar-refractivity contribution is 6.32. The van der Waals surface area contributed by atoms with E-state index in [4.69, 9.17) is 16.9 Å². The van der Waals surface area contributed by atoms with Gasteiger partial charge in [0.05, 0.1) is 28.0 Å². The summed E-state index contributed by atoms with van der Waals surface area (Å²) in [6.45, 7) is 3.79. The van der Waals surface area contributed by atoms with Crippen molar-refractivity contribution in [3.05, 3.63) is 52.8 Å². The largest absolute Gasteiger partial charge is 0.278 e. The summed E-state index contributed by atoms with van der Waals surface area (Å²) in [6, 6.07) is 11.2. The second-order valence-corrected chi connectivity index (χ2v) is 5.83. The van der Waals surface area contributed by atoms with Crippen LogP contribution in [-0.2, 0) is 10.2 Å². The van der Waals surface area contributed by atoms with Crippen LogP contribution in [-0.4, -0.2) is 10.9 Å². The lowest BCUT2D eigenvalue weighted by Crippen LogP contribution is -2.33. The third kappa shape index (κ3) is 1.90. The van der Waals surface area contributed by atoms with Gasteiger partial charge in [0.1, 0.15) is 6.07 Å². The number of aromatic nitrogens is 1. The van der Waals surface area contributed by atoms with E-state index >= 15 is 0 Å². The Hall–Kier alpha value is -2.38. The van der Waals surface area contributed by atoms with Crippen LogP contribution in [0.1, 0.15) is 25.1 Å². The summed E-state index contributed by atoms with van der Waals surface area (Å²) < 4.78 is 0. The van der Waals surface area contributed by atoms with Crippen molar-refractivity contribution in [2.24, 2.45) is 0 Å². The highest BCUT2D eigenvalue weighted by atomic mass is 35.5. The van der Waals surface area contributed by atoms with Crippen molar-refractivity contribution in [2.75, 3.05) is 4.90 Å². The number of anilines is 2. The average Bonchev–Trinajstić information content (AvgIpc) is 2.67. The van der Waals surface area contributed by atoms with Crippen molar-refractivity contribution >= 4 is 28.9 Å². The molecule has 0 fully saturated rings. The Kier molecular flexibility index (Phi) is 2.96. The van der Waals surface area contributed by atoms with E-state index in [9.17, 15) is 4.79 Å². The number of pyridine rings is 1. The Bertz CT molecular complexity index is 792. The predicted octanol–water partition coefficient (Wildman–Crippen LogP) is 3.56. The van der Waals surface area contributed by atoms with Gasteiger partial charge in [-0.25, -0.2) is 4.98 Å². The molecule has 0 atom stereocenters. The number of benzene rings is 1. The highest BCUT2D eigenvalue weighted by Crippen LogP contribution is 2.45. The smallest absolute Gasteiger partial charge is 0.241 e. The fourth-order valence-electron chi connectivity index (χ4n) is 2.59. The number of amides is 1. The van der Waals surface area contributed by atoms with Crippen LogP contribution in [0.5, 0.6) is 0 Å². The summed E-state index contributed by atoms with van der Waals surface area (Å²) >= 11 is 6.03. The molecular formula is C16H12ClN3O. The first-order valence-corrected chi connectivity index (χ1v) is 6.84. The van der Waals surface area contributed by atoms with Crippen LogP contribution in [0.25, 0.3) is 0 Å². The van der Waals surface area contributed by atoms with Crippen LogP contribution in [0.4, 0.5) is 11.4 Å². The molecule has 21 heavy (non-hydrogen) atoms. The van der Waals surface area contributed by atoms with Crippen molar-refractivity contribution in [2.45, 2.75) is 19.3 Å². The zero-order valence-electron chi connectivity index (χ0n) is 11.6. The Balaban J connectivity index is 2.18. The lowest BCUT2D eigenvalue weighted by Gasteiger charge is -2.20. The molecule has 0 saturated heterocycles. The third-order valence-corrected chi connectivity index (χ3v) is 4.04. The molecule has 3 rings (SSSR count). The predicted molar refractivity (Wildman–Crippen MR) is 80.6 cm³/mol. The molecule has 0 bridgehead atoms. The molecule has 1 amide bonds. The Morgan fingerprint density at radius 2 is 2.05 bits per heavy atom. The number of para-hydroxylation sites is 1. The van der Waals surface area contributed by atoms with Gasteiger partial charge < -0.3 is 0 Å². The molecule has 0 N–H and O–H groups in total. The van der Waals surface area contributed by atoms with Gasteiger partial charge in [0, 0.05) is 0 Å². The van der Waals surface area contributed by atoms with Crippen molar-refractivity contribution < 1.29 is 4.79 Å². The van der Waals surface area contributed by atoms with Crippen molar-refractivity contribution in [1.82, 2.24) is 4.98 Å². The lowest BCUT2D eigenvalue weighted by molar-refractivity contribution is -0.121. The van der Waals surface area contributed by atoms with E-state index in [0.29, 0.717) is 5.69 Å². The maximum atomic E-state index is 12.7. The Morgan fingerprint density at radius 3 is 2.71 bits per heavy atom. The molecule has 0 spiro atoms. The zero-order chi connectivity index (χ0) is 15.2. The minimum Gasteiger partial charge on any atom is -0.278 e. The molecule has 0 radical (unpaired) electrons. The van der Waals surface area contributed by atoms with E-state index in [1.807, 2.05) is 44.2 Å². The minimum absolute atomic E-state index is 0.0359. The van der Waals surface area contributed by atoms with Gasteiger partial charge in [-0.05, 0) is 31.5 Å². The van der Waals surface area contributed by atoms with E-state index < -0.39 is 5.41 Å². The Morgan fingerprint density at radius 1 is 1.33 bits per heavy atom. The number of halogens is 1. The van der Waals surface area contributed by atoms with Gasteiger partial charge >= 0.3 is 0 Å². The summed E-state index contributed by atoms with van der Waals surface area (Å²) in [6.07, 6.45) is 1.50. The minimum atomic E-state index is -0.600. The molecule has 5 heteroatoms. The molecule has 0 aliphatic carbocycles. The standard InChI is InChI=1S/C16H12ClN3O/c1-16(2)11-5-3-4-6-14(11)20(15(16)21)10-7-12(17)13(8-18)19-9-10/h3-7,9H,1-2H3. The molecule has 2 aromatic rings. The van der Waals surface area contributed by atoms with Crippen LogP contribution in [0, 0.1) is 11.3 Å². The normalized spacial score (nSPS) is 15.7. The van der Waals surface area contributed by atoms with Gasteiger partial charge in [-0.2, -0.15) is 5.26 Å². The number of nitriles is 1. The molecule has 4 nitrogen and oxygen atoms in total. The molecule has 1 aromatic heterocycles. The SMILES string of the molecule is CC1(C)C(=O)N(c2cnc(C#N)c(Cl)c2)c2ccccc21. The van der Waals surface area contributed by atoms with E-state index in [1.54, 1.807) is 11.0 Å². The monoisotopic (exact) mass is 297 g/mol. The topological polar surface area (TPSA) is 57.0 Å². The summed E-state index contributed by atoms with van der Waals surface area (Å²) in [7, 11) is 0. The molecule has 2 heterocycles. The van der Waals surface area contributed by atoms with E-state index in [2.05, 4.69) is 4.98 Å². The van der Waals surface area contributed by atoms with Crippen LogP contribution < -0.4 is 4.90 Å². The van der Waals surface area contributed by atoms with Gasteiger partial charge in [0.15, 0.2) is 5.69 Å². The van der Waals surface area contributed by atoms with Crippen molar-refractivity contribution in [3.8, 4) is 6.07 Å². The van der Waals surface area contributed by atoms with Crippen LogP contribution in [0.3, 0.4) is 0 Å². The molecule has 1 aliphatic heterocycles. The summed E-state index contributed by atoms with van der Waals surface area (Å²) in [4.78, 5) is 18.4. The highest BCUT2D eigenvalue weighted by Gasteiger charge is 2.44. The fraction of sp³-hybridized carbons (Fsp3) is 0.188. The maximum absolute atomic E-state index is 12.7. The number of hydrogen-bond acceptors (Lipinski definition) is 3. The average molecular weight is 298 g/mol. The summed E-state index contributed by atoms with van der Waals surface area (Å²) in [5, 5.41) is 9.13. The maximum Gasteiger partial charge on any atom is 0.241 e. The second-order valence-electron chi connectivity index (χ2n) is 5.42. The quantitative estimate of drug-likeness (QED) is 0.808. The number of carbonyl (C=O) groups excluding carboxylic acids is 1. The number of carbonyl (C=O) groups is 1. The third-order valence-electron chi connectivity index (χ3n) is 3.75.